The first-order valence-corrected chi connectivity index (χ1v) is 10.2. The minimum Gasteiger partial charge on any atom is -0.456 e. The molecule has 0 atom stereocenters. The molecule has 0 amide bonds. The van der Waals surface area contributed by atoms with E-state index in [-0.39, 0.29) is 0 Å². The van der Waals surface area contributed by atoms with E-state index >= 15 is 0 Å². The van der Waals surface area contributed by atoms with Crippen molar-refractivity contribution in [2.75, 3.05) is 0 Å². The van der Waals surface area contributed by atoms with E-state index in [1.54, 1.807) is 0 Å². The molecule has 0 aromatic heterocycles. The Hall–Kier alpha value is -2.36. The normalized spacial score (nSPS) is 10.6. The Morgan fingerprint density at radius 3 is 1.22 bits per heavy atom. The number of halogens is 2. The molecule has 0 N–H and O–H groups in total. The van der Waals surface area contributed by atoms with Crippen LogP contribution in [0, 0.1) is 0 Å². The quantitative estimate of drug-likeness (QED) is 0.285. The van der Waals surface area contributed by atoms with Gasteiger partial charge in [-0.15, -0.1) is 0 Å². The van der Waals surface area contributed by atoms with Crippen molar-refractivity contribution in [2.45, 2.75) is 0 Å². The summed E-state index contributed by atoms with van der Waals surface area (Å²) >= 11 is 6.99. The van der Waals surface area contributed by atoms with Gasteiger partial charge in [-0.2, -0.15) is 0 Å². The molecule has 0 radical (unpaired) electrons. The summed E-state index contributed by atoms with van der Waals surface area (Å²) in [6.45, 7) is 0. The first-order chi connectivity index (χ1) is 13.2. The average Bonchev–Trinajstić information content (AvgIpc) is 2.70. The van der Waals surface area contributed by atoms with E-state index in [0.29, 0.717) is 0 Å². The number of ether oxygens (including phenoxy) is 1. The largest absolute Gasteiger partial charge is 0.456 e. The third kappa shape index (κ3) is 4.15. The molecule has 0 spiro atoms. The van der Waals surface area contributed by atoms with E-state index in [2.05, 4.69) is 68.3 Å². The monoisotopic (exact) mass is 478 g/mol. The Morgan fingerprint density at radius 2 is 0.815 bits per heavy atom. The minimum atomic E-state index is 0.837. The van der Waals surface area contributed by atoms with Crippen molar-refractivity contribution in [3.05, 3.63) is 106 Å². The van der Waals surface area contributed by atoms with Crippen LogP contribution in [0.25, 0.3) is 22.3 Å². The lowest BCUT2D eigenvalue weighted by atomic mass is 10.0. The number of hydrogen-bond acceptors (Lipinski definition) is 1. The molecule has 132 valence electrons. The summed E-state index contributed by atoms with van der Waals surface area (Å²) in [4.78, 5) is 0. The fourth-order valence-electron chi connectivity index (χ4n) is 2.97. The highest BCUT2D eigenvalue weighted by Crippen LogP contribution is 2.38. The van der Waals surface area contributed by atoms with Crippen LogP contribution >= 0.6 is 31.9 Å². The summed E-state index contributed by atoms with van der Waals surface area (Å²) in [5, 5.41) is 0. The van der Waals surface area contributed by atoms with Crippen LogP contribution in [0.15, 0.2) is 106 Å². The van der Waals surface area contributed by atoms with Crippen molar-refractivity contribution >= 4 is 31.9 Å². The van der Waals surface area contributed by atoms with Crippen molar-refractivity contribution in [3.8, 4) is 33.8 Å². The topological polar surface area (TPSA) is 9.23 Å². The lowest BCUT2D eigenvalue weighted by Crippen LogP contribution is -1.91. The van der Waals surface area contributed by atoms with Crippen molar-refractivity contribution in [1.29, 1.82) is 0 Å². The molecule has 0 saturated heterocycles. The fourth-order valence-corrected chi connectivity index (χ4v) is 3.49. The standard InChI is InChI=1S/C24H16Br2O/c25-19-13-9-17(10-14-19)21-5-1-3-7-23(21)27-24-8-4-2-6-22(24)18-11-15-20(26)16-12-18/h1-16H. The van der Waals surface area contributed by atoms with Crippen molar-refractivity contribution in [2.24, 2.45) is 0 Å². The molecule has 0 aliphatic heterocycles. The molecule has 0 aliphatic carbocycles. The molecule has 4 aromatic carbocycles. The summed E-state index contributed by atoms with van der Waals surface area (Å²) in [5.41, 5.74) is 4.37. The van der Waals surface area contributed by atoms with Crippen LogP contribution in [0.3, 0.4) is 0 Å². The molecule has 0 heterocycles. The Balaban J connectivity index is 1.74. The maximum absolute atomic E-state index is 6.39. The van der Waals surface area contributed by atoms with Gasteiger partial charge in [-0.3, -0.25) is 0 Å². The molecule has 0 fully saturated rings. The second-order valence-electron chi connectivity index (χ2n) is 6.11. The first-order valence-electron chi connectivity index (χ1n) is 8.58. The van der Waals surface area contributed by atoms with Gasteiger partial charge in [0.25, 0.3) is 0 Å². The Morgan fingerprint density at radius 1 is 0.444 bits per heavy atom. The average molecular weight is 480 g/mol. The molecule has 0 unspecified atom stereocenters. The summed E-state index contributed by atoms with van der Waals surface area (Å²) < 4.78 is 8.51. The molecule has 0 bridgehead atoms. The summed E-state index contributed by atoms with van der Waals surface area (Å²) in [6.07, 6.45) is 0. The molecule has 1 nitrogen and oxygen atoms in total. The fraction of sp³-hybridized carbons (Fsp3) is 0. The highest BCUT2D eigenvalue weighted by atomic mass is 79.9. The third-order valence-corrected chi connectivity index (χ3v) is 5.36. The smallest absolute Gasteiger partial charge is 0.135 e. The highest BCUT2D eigenvalue weighted by molar-refractivity contribution is 9.10. The lowest BCUT2D eigenvalue weighted by molar-refractivity contribution is 0.486. The van der Waals surface area contributed by atoms with E-state index in [4.69, 9.17) is 4.74 Å². The van der Waals surface area contributed by atoms with E-state index in [1.807, 2.05) is 60.7 Å². The van der Waals surface area contributed by atoms with E-state index in [1.165, 1.54) is 0 Å². The van der Waals surface area contributed by atoms with E-state index < -0.39 is 0 Å². The maximum atomic E-state index is 6.39. The minimum absolute atomic E-state index is 0.837. The van der Waals surface area contributed by atoms with Crippen LogP contribution in [0.2, 0.25) is 0 Å². The second kappa shape index (κ2) is 8.12. The van der Waals surface area contributed by atoms with Crippen LogP contribution < -0.4 is 4.74 Å². The van der Waals surface area contributed by atoms with Gasteiger partial charge in [0.15, 0.2) is 0 Å². The predicted octanol–water partition coefficient (Wildman–Crippen LogP) is 8.34. The zero-order valence-electron chi connectivity index (χ0n) is 14.4. The van der Waals surface area contributed by atoms with E-state index in [9.17, 15) is 0 Å². The highest BCUT2D eigenvalue weighted by Gasteiger charge is 2.11. The third-order valence-electron chi connectivity index (χ3n) is 4.30. The molecule has 3 heteroatoms. The van der Waals surface area contributed by atoms with Gasteiger partial charge in [-0.05, 0) is 47.5 Å². The number of benzene rings is 4. The van der Waals surface area contributed by atoms with Crippen molar-refractivity contribution in [3.63, 3.8) is 0 Å². The summed E-state index contributed by atoms with van der Waals surface area (Å²) in [6, 6.07) is 32.8. The summed E-state index contributed by atoms with van der Waals surface area (Å²) in [7, 11) is 0. The molecule has 0 saturated carbocycles. The SMILES string of the molecule is Brc1ccc(-c2ccccc2Oc2ccccc2-c2ccc(Br)cc2)cc1. The van der Waals surface area contributed by atoms with Gasteiger partial charge in [0, 0.05) is 20.1 Å². The number of hydrogen-bond donors (Lipinski definition) is 0. The second-order valence-corrected chi connectivity index (χ2v) is 7.94. The van der Waals surface area contributed by atoms with Crippen LogP contribution in [-0.2, 0) is 0 Å². The van der Waals surface area contributed by atoms with Crippen LogP contribution in [0.4, 0.5) is 0 Å². The van der Waals surface area contributed by atoms with Gasteiger partial charge < -0.3 is 4.74 Å². The maximum Gasteiger partial charge on any atom is 0.135 e. The first kappa shape index (κ1) is 18.0. The Bertz CT molecular complexity index is 967. The number of rotatable bonds is 4. The predicted molar refractivity (Wildman–Crippen MR) is 119 cm³/mol. The van der Waals surface area contributed by atoms with Gasteiger partial charge in [-0.25, -0.2) is 0 Å². The molecule has 4 aromatic rings. The van der Waals surface area contributed by atoms with Gasteiger partial charge in [0.1, 0.15) is 11.5 Å². The van der Waals surface area contributed by atoms with Crippen LogP contribution in [0.5, 0.6) is 11.5 Å². The van der Waals surface area contributed by atoms with Gasteiger partial charge >= 0.3 is 0 Å². The molecular weight excluding hydrogens is 464 g/mol. The molecular formula is C24H16Br2O. The van der Waals surface area contributed by atoms with E-state index in [0.717, 1.165) is 42.7 Å². The lowest BCUT2D eigenvalue weighted by Gasteiger charge is -2.15. The van der Waals surface area contributed by atoms with Gasteiger partial charge in [0.05, 0.1) is 0 Å². The van der Waals surface area contributed by atoms with Crippen molar-refractivity contribution in [1.82, 2.24) is 0 Å². The molecule has 27 heavy (non-hydrogen) atoms. The Kier molecular flexibility index (Phi) is 5.42. The zero-order chi connectivity index (χ0) is 18.6. The van der Waals surface area contributed by atoms with Gasteiger partial charge in [-0.1, -0.05) is 92.5 Å². The summed E-state index contributed by atoms with van der Waals surface area (Å²) in [5.74, 6) is 1.67. The molecule has 0 aliphatic rings. The number of para-hydroxylation sites is 2. The van der Waals surface area contributed by atoms with Crippen LogP contribution in [0.1, 0.15) is 0 Å². The molecule has 4 rings (SSSR count). The van der Waals surface area contributed by atoms with Crippen LogP contribution in [-0.4, -0.2) is 0 Å². The Labute approximate surface area is 175 Å². The van der Waals surface area contributed by atoms with Gasteiger partial charge in [0.2, 0.25) is 0 Å². The zero-order valence-corrected chi connectivity index (χ0v) is 17.6. The van der Waals surface area contributed by atoms with Crippen molar-refractivity contribution < 1.29 is 4.74 Å².